The number of carboxylic acid groups (broad SMARTS) is 1. The van der Waals surface area contributed by atoms with E-state index in [0.29, 0.717) is 0 Å². The first-order valence-corrected chi connectivity index (χ1v) is 6.52. The Balaban J connectivity index is 2.50. The fourth-order valence-corrected chi connectivity index (χ4v) is 1.44. The second-order valence-electron chi connectivity index (χ2n) is 5.44. The first kappa shape index (κ1) is 17.3. The second kappa shape index (κ2) is 7.30. The van der Waals surface area contributed by atoms with Gasteiger partial charge in [0.05, 0.1) is 0 Å². The van der Waals surface area contributed by atoms with Crippen LogP contribution in [0.15, 0.2) is 24.3 Å². The number of hydrogen-bond acceptors (Lipinski definition) is 4. The number of alkyl carbamates (subject to hydrolysis) is 1. The highest BCUT2D eigenvalue weighted by Gasteiger charge is 2.15. The molecular weight excluding hydrogens is 290 g/mol. The van der Waals surface area contributed by atoms with Crippen LogP contribution in [-0.4, -0.2) is 28.8 Å². The molecule has 0 aliphatic carbocycles. The summed E-state index contributed by atoms with van der Waals surface area (Å²) in [4.78, 5) is 33.3. The quantitative estimate of drug-likeness (QED) is 0.633. The molecule has 1 aromatic carbocycles. The Morgan fingerprint density at radius 2 is 1.68 bits per heavy atom. The second-order valence-corrected chi connectivity index (χ2v) is 5.44. The van der Waals surface area contributed by atoms with Gasteiger partial charge in [-0.2, -0.15) is 0 Å². The average molecular weight is 309 g/mol. The Morgan fingerprint density at radius 3 is 2.18 bits per heavy atom. The molecule has 22 heavy (non-hydrogen) atoms. The summed E-state index contributed by atoms with van der Waals surface area (Å²) in [6, 6.07) is 6.33. The van der Waals surface area contributed by atoms with Crippen LogP contribution >= 0.6 is 0 Å². The Bertz CT molecular complexity index is 549. The van der Waals surface area contributed by atoms with Gasteiger partial charge in [-0.25, -0.2) is 15.0 Å². The van der Waals surface area contributed by atoms with Gasteiger partial charge in [0, 0.05) is 12.1 Å². The minimum absolute atomic E-state index is 0.254. The highest BCUT2D eigenvalue weighted by Crippen LogP contribution is 2.08. The van der Waals surface area contributed by atoms with E-state index in [1.54, 1.807) is 38.3 Å². The van der Waals surface area contributed by atoms with E-state index in [1.807, 2.05) is 5.43 Å². The fraction of sp³-hybridized carbons (Fsp3) is 0.357. The van der Waals surface area contributed by atoms with Crippen molar-refractivity contribution in [2.75, 3.05) is 0 Å². The summed E-state index contributed by atoms with van der Waals surface area (Å²) in [5, 5.41) is 11.0. The molecule has 120 valence electrons. The van der Waals surface area contributed by atoms with Gasteiger partial charge < -0.3 is 15.2 Å². The van der Waals surface area contributed by atoms with Crippen molar-refractivity contribution in [1.82, 2.24) is 16.2 Å². The van der Waals surface area contributed by atoms with Crippen LogP contribution in [0, 0.1) is 0 Å². The molecule has 8 nitrogen and oxygen atoms in total. The van der Waals surface area contributed by atoms with E-state index in [0.717, 1.165) is 5.56 Å². The molecule has 0 aliphatic rings. The predicted molar refractivity (Wildman–Crippen MR) is 78.1 cm³/mol. The lowest BCUT2D eigenvalue weighted by molar-refractivity contribution is 0.0523. The minimum Gasteiger partial charge on any atom is -0.464 e. The van der Waals surface area contributed by atoms with Gasteiger partial charge in [-0.1, -0.05) is 12.1 Å². The highest BCUT2D eigenvalue weighted by molar-refractivity contribution is 5.94. The van der Waals surface area contributed by atoms with E-state index in [1.165, 1.54) is 12.1 Å². The van der Waals surface area contributed by atoms with Crippen LogP contribution in [0.1, 0.15) is 36.7 Å². The number of carbonyl (C=O) groups excluding carboxylic acids is 2. The number of hydrazine groups is 1. The van der Waals surface area contributed by atoms with Crippen LogP contribution in [0.25, 0.3) is 0 Å². The summed E-state index contributed by atoms with van der Waals surface area (Å²) in [5.74, 6) is -0.575. The Morgan fingerprint density at radius 1 is 1.09 bits per heavy atom. The molecule has 0 fully saturated rings. The summed E-state index contributed by atoms with van der Waals surface area (Å²) in [7, 11) is 0. The van der Waals surface area contributed by atoms with E-state index in [4.69, 9.17) is 9.84 Å². The molecule has 4 N–H and O–H groups in total. The monoisotopic (exact) mass is 309 g/mol. The van der Waals surface area contributed by atoms with Crippen molar-refractivity contribution in [3.05, 3.63) is 35.4 Å². The van der Waals surface area contributed by atoms with Crippen molar-refractivity contribution in [2.24, 2.45) is 0 Å². The largest absolute Gasteiger partial charge is 0.464 e. The molecule has 0 saturated heterocycles. The highest BCUT2D eigenvalue weighted by atomic mass is 16.6. The van der Waals surface area contributed by atoms with Crippen molar-refractivity contribution >= 4 is 18.1 Å². The Labute approximate surface area is 127 Å². The van der Waals surface area contributed by atoms with Crippen molar-refractivity contribution in [2.45, 2.75) is 32.9 Å². The molecule has 0 aromatic heterocycles. The van der Waals surface area contributed by atoms with Crippen LogP contribution in [-0.2, 0) is 11.3 Å². The lowest BCUT2D eigenvalue weighted by atomic mass is 10.1. The first-order chi connectivity index (χ1) is 10.2. The zero-order valence-corrected chi connectivity index (χ0v) is 12.6. The third-order valence-corrected chi connectivity index (χ3v) is 2.33. The number of nitrogens with one attached hydrogen (secondary N) is 3. The number of amides is 3. The molecular formula is C14H19N3O5. The molecule has 1 aromatic rings. The molecule has 0 bridgehead atoms. The SMILES string of the molecule is CC(C)(C)OC(=O)NCc1ccc(C(=O)NNC(=O)O)cc1. The van der Waals surface area contributed by atoms with Crippen molar-refractivity contribution in [3.8, 4) is 0 Å². The lowest BCUT2D eigenvalue weighted by Crippen LogP contribution is -2.40. The van der Waals surface area contributed by atoms with Crippen molar-refractivity contribution in [3.63, 3.8) is 0 Å². The topological polar surface area (TPSA) is 117 Å². The third-order valence-electron chi connectivity index (χ3n) is 2.33. The Hall–Kier alpha value is -2.77. The van der Waals surface area contributed by atoms with Gasteiger partial charge in [0.25, 0.3) is 5.91 Å². The normalized spacial score (nSPS) is 10.5. The average Bonchev–Trinajstić information content (AvgIpc) is 2.41. The van der Waals surface area contributed by atoms with E-state index in [9.17, 15) is 14.4 Å². The zero-order chi connectivity index (χ0) is 16.8. The molecule has 0 saturated carbocycles. The third kappa shape index (κ3) is 6.60. The maximum absolute atomic E-state index is 11.6. The van der Waals surface area contributed by atoms with Crippen LogP contribution in [0.4, 0.5) is 9.59 Å². The van der Waals surface area contributed by atoms with Gasteiger partial charge in [-0.3, -0.25) is 10.2 Å². The maximum atomic E-state index is 11.6. The zero-order valence-electron chi connectivity index (χ0n) is 12.6. The van der Waals surface area contributed by atoms with Gasteiger partial charge >= 0.3 is 12.2 Å². The van der Waals surface area contributed by atoms with Crippen molar-refractivity contribution < 1.29 is 24.2 Å². The van der Waals surface area contributed by atoms with Crippen LogP contribution in [0.3, 0.4) is 0 Å². The standard InChI is InChI=1S/C14H19N3O5/c1-14(2,3)22-13(21)15-8-9-4-6-10(7-5-9)11(18)16-17-12(19)20/h4-7,17H,8H2,1-3H3,(H,15,21)(H,16,18)(H,19,20). The molecule has 8 heteroatoms. The van der Waals surface area contributed by atoms with Gasteiger partial charge in [0.15, 0.2) is 0 Å². The van der Waals surface area contributed by atoms with Gasteiger partial charge in [0.1, 0.15) is 5.60 Å². The van der Waals surface area contributed by atoms with E-state index >= 15 is 0 Å². The number of benzene rings is 1. The summed E-state index contributed by atoms with van der Waals surface area (Å²) < 4.78 is 5.10. The molecule has 0 spiro atoms. The number of hydrogen-bond donors (Lipinski definition) is 4. The Kier molecular flexibility index (Phi) is 5.73. The molecule has 0 radical (unpaired) electrons. The molecule has 0 heterocycles. The smallest absolute Gasteiger partial charge is 0.423 e. The lowest BCUT2D eigenvalue weighted by Gasteiger charge is -2.19. The van der Waals surface area contributed by atoms with Crippen LogP contribution in [0.5, 0.6) is 0 Å². The fourth-order valence-electron chi connectivity index (χ4n) is 1.44. The first-order valence-electron chi connectivity index (χ1n) is 6.52. The minimum atomic E-state index is -1.36. The summed E-state index contributed by atoms with van der Waals surface area (Å²) in [6.07, 6.45) is -1.88. The summed E-state index contributed by atoms with van der Waals surface area (Å²) in [6.45, 7) is 5.56. The number of carbonyl (C=O) groups is 3. The van der Waals surface area contributed by atoms with Crippen molar-refractivity contribution in [1.29, 1.82) is 0 Å². The number of ether oxygens (including phenoxy) is 1. The van der Waals surface area contributed by atoms with E-state index in [-0.39, 0.29) is 12.1 Å². The summed E-state index contributed by atoms with van der Waals surface area (Å²) >= 11 is 0. The van der Waals surface area contributed by atoms with Crippen LogP contribution in [0.2, 0.25) is 0 Å². The maximum Gasteiger partial charge on any atom is 0.423 e. The van der Waals surface area contributed by atoms with Gasteiger partial charge in [-0.15, -0.1) is 0 Å². The number of rotatable bonds is 3. The van der Waals surface area contributed by atoms with Gasteiger partial charge in [-0.05, 0) is 38.5 Å². The van der Waals surface area contributed by atoms with Crippen LogP contribution < -0.4 is 16.2 Å². The molecule has 0 aliphatic heterocycles. The predicted octanol–water partition coefficient (Wildman–Crippen LogP) is 1.62. The molecule has 1 rings (SSSR count). The van der Waals surface area contributed by atoms with E-state index in [2.05, 4.69) is 5.32 Å². The van der Waals surface area contributed by atoms with Gasteiger partial charge in [0.2, 0.25) is 0 Å². The molecule has 3 amide bonds. The van der Waals surface area contributed by atoms with E-state index < -0.39 is 23.7 Å². The molecule has 0 atom stereocenters. The summed E-state index contributed by atoms with van der Waals surface area (Å²) in [5.41, 5.74) is 4.27. The molecule has 0 unspecified atom stereocenters.